The van der Waals surface area contributed by atoms with Crippen LogP contribution in [0.4, 0.5) is 0 Å². The molecule has 0 spiro atoms. The van der Waals surface area contributed by atoms with Gasteiger partial charge in [0.2, 0.25) is 0 Å². The molecule has 2 heterocycles. The highest BCUT2D eigenvalue weighted by molar-refractivity contribution is 6.00. The molecule has 2 unspecified atom stereocenters. The Hall–Kier alpha value is -1.85. The zero-order chi connectivity index (χ0) is 18.8. The molecule has 1 aliphatic rings. The summed E-state index contributed by atoms with van der Waals surface area (Å²) in [5, 5.41) is 4.07. The van der Waals surface area contributed by atoms with Crippen LogP contribution >= 0.6 is 0 Å². The minimum absolute atomic E-state index is 0.124. The Morgan fingerprint density at radius 2 is 1.81 bits per heavy atom. The highest BCUT2D eigenvalue weighted by Gasteiger charge is 2.22. The van der Waals surface area contributed by atoms with Gasteiger partial charge in [0.15, 0.2) is 5.76 Å². The topological polar surface area (TPSA) is 54.7 Å². The van der Waals surface area contributed by atoms with Gasteiger partial charge in [-0.3, -0.25) is 9.69 Å². The van der Waals surface area contributed by atoms with Crippen molar-refractivity contribution in [1.29, 1.82) is 0 Å². The molecule has 1 aliphatic heterocycles. The van der Waals surface area contributed by atoms with Crippen LogP contribution in [0.15, 0.2) is 16.5 Å². The summed E-state index contributed by atoms with van der Waals surface area (Å²) in [4.78, 5) is 15.0. The van der Waals surface area contributed by atoms with E-state index < -0.39 is 0 Å². The monoisotopic (exact) mass is 358 g/mol. The number of morpholine rings is 1. The molecule has 0 bridgehead atoms. The fourth-order valence-corrected chi connectivity index (χ4v) is 3.94. The number of rotatable bonds is 5. The second-order valence-electron chi connectivity index (χ2n) is 7.59. The second kappa shape index (κ2) is 7.80. The van der Waals surface area contributed by atoms with Gasteiger partial charge >= 0.3 is 0 Å². The van der Waals surface area contributed by atoms with E-state index in [1.807, 2.05) is 19.9 Å². The minimum atomic E-state index is -0.124. The average Bonchev–Trinajstić information content (AvgIpc) is 2.93. The molecule has 2 atom stereocenters. The van der Waals surface area contributed by atoms with Crippen LogP contribution in [0, 0.1) is 20.8 Å². The highest BCUT2D eigenvalue weighted by atomic mass is 16.5. The number of benzene rings is 1. The second-order valence-corrected chi connectivity index (χ2v) is 7.59. The van der Waals surface area contributed by atoms with E-state index >= 15 is 0 Å². The molecule has 0 saturated carbocycles. The number of ether oxygens (including phenoxy) is 1. The van der Waals surface area contributed by atoms with Crippen molar-refractivity contribution in [3.63, 3.8) is 0 Å². The number of nitrogens with one attached hydrogen (secondary N) is 1. The number of carbonyl (C=O) groups is 1. The third-order valence-electron chi connectivity index (χ3n) is 5.12. The van der Waals surface area contributed by atoms with Crippen molar-refractivity contribution >= 4 is 16.9 Å². The van der Waals surface area contributed by atoms with Gasteiger partial charge in [-0.1, -0.05) is 12.1 Å². The lowest BCUT2D eigenvalue weighted by atomic mass is 10.0. The first-order valence-electron chi connectivity index (χ1n) is 9.52. The molecular weight excluding hydrogens is 328 g/mol. The first-order chi connectivity index (χ1) is 12.4. The zero-order valence-corrected chi connectivity index (χ0v) is 16.5. The molecule has 26 heavy (non-hydrogen) atoms. The molecular formula is C21H30N2O3. The predicted molar refractivity (Wildman–Crippen MR) is 104 cm³/mol. The summed E-state index contributed by atoms with van der Waals surface area (Å²) >= 11 is 0. The van der Waals surface area contributed by atoms with E-state index in [0.29, 0.717) is 12.3 Å². The summed E-state index contributed by atoms with van der Waals surface area (Å²) in [6.45, 7) is 13.8. The van der Waals surface area contributed by atoms with E-state index in [4.69, 9.17) is 9.15 Å². The van der Waals surface area contributed by atoms with E-state index in [-0.39, 0.29) is 18.1 Å². The number of hydrogen-bond donors (Lipinski definition) is 1. The lowest BCUT2D eigenvalue weighted by Crippen LogP contribution is -2.46. The molecule has 142 valence electrons. The van der Waals surface area contributed by atoms with E-state index in [1.54, 1.807) is 0 Å². The Kier molecular flexibility index (Phi) is 5.68. The maximum atomic E-state index is 12.6. The molecule has 1 aromatic heterocycles. The summed E-state index contributed by atoms with van der Waals surface area (Å²) in [5.74, 6) is 0.312. The van der Waals surface area contributed by atoms with Gasteiger partial charge in [0.1, 0.15) is 5.58 Å². The third-order valence-corrected chi connectivity index (χ3v) is 5.12. The summed E-state index contributed by atoms with van der Waals surface area (Å²) in [6, 6.07) is 4.11. The maximum Gasteiger partial charge on any atom is 0.287 e. The van der Waals surface area contributed by atoms with Crippen molar-refractivity contribution in [2.24, 2.45) is 0 Å². The van der Waals surface area contributed by atoms with Crippen LogP contribution in [0.25, 0.3) is 11.0 Å². The Bertz CT molecular complexity index is 786. The lowest BCUT2D eigenvalue weighted by Gasteiger charge is -2.35. The highest BCUT2D eigenvalue weighted by Crippen LogP contribution is 2.30. The lowest BCUT2D eigenvalue weighted by molar-refractivity contribution is -0.0680. The maximum absolute atomic E-state index is 12.6. The summed E-state index contributed by atoms with van der Waals surface area (Å²) < 4.78 is 11.7. The number of aryl methyl sites for hydroxylation is 3. The van der Waals surface area contributed by atoms with E-state index in [1.165, 1.54) is 0 Å². The quantitative estimate of drug-likeness (QED) is 0.830. The molecule has 1 amide bonds. The molecule has 0 radical (unpaired) electrons. The van der Waals surface area contributed by atoms with Crippen LogP contribution in [0.5, 0.6) is 0 Å². The third kappa shape index (κ3) is 3.94. The van der Waals surface area contributed by atoms with Crippen LogP contribution in [0.2, 0.25) is 0 Å². The number of nitrogens with zero attached hydrogens (tertiary/aromatic N) is 1. The van der Waals surface area contributed by atoms with Gasteiger partial charge in [-0.2, -0.15) is 0 Å². The normalized spacial score (nSPS) is 21.3. The van der Waals surface area contributed by atoms with Crippen molar-refractivity contribution in [3.8, 4) is 0 Å². The van der Waals surface area contributed by atoms with Crippen molar-refractivity contribution in [2.75, 3.05) is 26.2 Å². The molecule has 1 saturated heterocycles. The summed E-state index contributed by atoms with van der Waals surface area (Å²) in [6.07, 6.45) is 1.47. The van der Waals surface area contributed by atoms with Crippen molar-refractivity contribution < 1.29 is 13.9 Å². The van der Waals surface area contributed by atoms with Crippen LogP contribution in [0.3, 0.4) is 0 Å². The fourth-order valence-electron chi connectivity index (χ4n) is 3.94. The van der Waals surface area contributed by atoms with Gasteiger partial charge in [-0.15, -0.1) is 0 Å². The van der Waals surface area contributed by atoms with Crippen molar-refractivity contribution in [2.45, 2.75) is 53.2 Å². The SMILES string of the molecule is Cc1ccc(C)c2c(C)c(C(=O)NCCCN3CC(C)OC(C)C3)oc12. The van der Waals surface area contributed by atoms with Crippen LogP contribution < -0.4 is 5.32 Å². The molecule has 2 aromatic rings. The first-order valence-corrected chi connectivity index (χ1v) is 9.52. The fraction of sp³-hybridized carbons (Fsp3) is 0.571. The molecule has 1 N–H and O–H groups in total. The van der Waals surface area contributed by atoms with Crippen LogP contribution in [-0.4, -0.2) is 49.2 Å². The minimum Gasteiger partial charge on any atom is -0.450 e. The smallest absolute Gasteiger partial charge is 0.287 e. The van der Waals surface area contributed by atoms with Gasteiger partial charge in [-0.05, 0) is 52.2 Å². The van der Waals surface area contributed by atoms with Gasteiger partial charge in [0, 0.05) is 37.1 Å². The Labute approximate surface area is 155 Å². The largest absolute Gasteiger partial charge is 0.450 e. The van der Waals surface area contributed by atoms with Gasteiger partial charge < -0.3 is 14.5 Å². The molecule has 3 rings (SSSR count). The van der Waals surface area contributed by atoms with E-state index in [0.717, 1.165) is 53.7 Å². The van der Waals surface area contributed by atoms with Crippen molar-refractivity contribution in [1.82, 2.24) is 10.2 Å². The number of hydrogen-bond acceptors (Lipinski definition) is 4. The Morgan fingerprint density at radius 1 is 1.15 bits per heavy atom. The number of amides is 1. The van der Waals surface area contributed by atoms with E-state index in [2.05, 4.69) is 37.1 Å². The number of furan rings is 1. The molecule has 5 nitrogen and oxygen atoms in total. The predicted octanol–water partition coefficient (Wildman–Crippen LogP) is 3.59. The number of carbonyl (C=O) groups excluding carboxylic acids is 1. The van der Waals surface area contributed by atoms with Gasteiger partial charge in [0.05, 0.1) is 12.2 Å². The molecule has 1 fully saturated rings. The molecule has 0 aliphatic carbocycles. The Morgan fingerprint density at radius 3 is 2.46 bits per heavy atom. The van der Waals surface area contributed by atoms with E-state index in [9.17, 15) is 4.79 Å². The average molecular weight is 358 g/mol. The van der Waals surface area contributed by atoms with Crippen molar-refractivity contribution in [3.05, 3.63) is 34.6 Å². The standard InChI is InChI=1S/C21H30N2O3/c1-13-7-8-14(2)19-18(13)17(5)20(26-19)21(24)22-9-6-10-23-11-15(3)25-16(4)12-23/h7-8,15-16H,6,9-12H2,1-5H3,(H,22,24). The summed E-state index contributed by atoms with van der Waals surface area (Å²) in [5.41, 5.74) is 3.95. The molecule has 5 heteroatoms. The van der Waals surface area contributed by atoms with Gasteiger partial charge in [-0.25, -0.2) is 0 Å². The van der Waals surface area contributed by atoms with Gasteiger partial charge in [0.25, 0.3) is 5.91 Å². The number of fused-ring (bicyclic) bond motifs is 1. The summed E-state index contributed by atoms with van der Waals surface area (Å²) in [7, 11) is 0. The Balaban J connectivity index is 1.57. The van der Waals surface area contributed by atoms with Crippen LogP contribution in [0.1, 0.15) is 47.5 Å². The zero-order valence-electron chi connectivity index (χ0n) is 16.5. The molecule has 1 aromatic carbocycles. The van der Waals surface area contributed by atoms with Crippen LogP contribution in [-0.2, 0) is 4.74 Å². The first kappa shape index (κ1) is 18.9.